The fraction of sp³-hybridized carbons (Fsp3) is 0.228. The van der Waals surface area contributed by atoms with Gasteiger partial charge in [0, 0.05) is 47.0 Å². The van der Waals surface area contributed by atoms with Gasteiger partial charge in [-0.25, -0.2) is 0 Å². The van der Waals surface area contributed by atoms with E-state index in [2.05, 4.69) is 172 Å². The van der Waals surface area contributed by atoms with Crippen molar-refractivity contribution in [3.8, 4) is 68.2 Å². The predicted molar refractivity (Wildman–Crippen MR) is 265 cm³/mol. The summed E-state index contributed by atoms with van der Waals surface area (Å²) in [6, 6.07) is 50.9. The van der Waals surface area contributed by atoms with E-state index in [0.29, 0.717) is 0 Å². The van der Waals surface area contributed by atoms with Crippen LogP contribution in [0.15, 0.2) is 140 Å². The van der Waals surface area contributed by atoms with Gasteiger partial charge in [-0.2, -0.15) is 0 Å². The molecule has 0 bridgehead atoms. The Hall–Kier alpha value is -5.42. The summed E-state index contributed by atoms with van der Waals surface area (Å²) in [4.78, 5) is 6.49. The first-order valence-electron chi connectivity index (χ1n) is 21.7. The average molecular weight is 833 g/mol. The van der Waals surface area contributed by atoms with Gasteiger partial charge in [-0.05, 0) is 108 Å². The Bertz CT molecular complexity index is 2580. The van der Waals surface area contributed by atoms with Gasteiger partial charge in [-0.3, -0.25) is 0 Å². The molecule has 5 aromatic carbocycles. The highest BCUT2D eigenvalue weighted by atomic mass is 32.1. The van der Waals surface area contributed by atoms with E-state index >= 15 is 0 Å². The van der Waals surface area contributed by atoms with Gasteiger partial charge in [-0.15, -0.1) is 34.0 Å². The molecule has 3 heterocycles. The van der Waals surface area contributed by atoms with Gasteiger partial charge in [0.05, 0.1) is 9.75 Å². The zero-order valence-electron chi connectivity index (χ0n) is 35.1. The molecule has 0 aliphatic heterocycles. The van der Waals surface area contributed by atoms with E-state index in [0.717, 1.165) is 33.7 Å². The van der Waals surface area contributed by atoms with E-state index in [1.165, 1.54) is 121 Å². The van der Waals surface area contributed by atoms with Crippen LogP contribution >= 0.6 is 34.0 Å². The fourth-order valence-electron chi connectivity index (χ4n) is 7.88. The number of thiophene rings is 3. The average Bonchev–Trinajstić information content (AvgIpc) is 4.02. The van der Waals surface area contributed by atoms with E-state index in [1.807, 2.05) is 46.1 Å². The summed E-state index contributed by atoms with van der Waals surface area (Å²) >= 11 is 5.62. The normalized spacial score (nSPS) is 11.0. The van der Waals surface area contributed by atoms with Crippen molar-refractivity contribution in [1.82, 2.24) is 0 Å². The van der Waals surface area contributed by atoms with Crippen molar-refractivity contribution in [2.75, 3.05) is 0 Å². The van der Waals surface area contributed by atoms with Crippen molar-refractivity contribution < 1.29 is 0 Å². The highest BCUT2D eigenvalue weighted by Crippen LogP contribution is 2.42. The van der Waals surface area contributed by atoms with Crippen LogP contribution in [0.25, 0.3) is 54.6 Å². The molecule has 3 aromatic heterocycles. The molecule has 60 heavy (non-hydrogen) atoms. The number of benzene rings is 5. The fourth-order valence-corrected chi connectivity index (χ4v) is 11.1. The zero-order valence-corrected chi connectivity index (χ0v) is 37.5. The van der Waals surface area contributed by atoms with Crippen LogP contribution in [0.3, 0.4) is 0 Å². The summed E-state index contributed by atoms with van der Waals surface area (Å²) in [5.41, 5.74) is 12.1. The number of hydrogen-bond donors (Lipinski definition) is 0. The minimum atomic E-state index is 1.05. The van der Waals surface area contributed by atoms with E-state index in [1.54, 1.807) is 0 Å². The topological polar surface area (TPSA) is 0 Å². The van der Waals surface area contributed by atoms with Gasteiger partial charge in [0.15, 0.2) is 0 Å². The lowest BCUT2D eigenvalue weighted by molar-refractivity contribution is 0.670. The van der Waals surface area contributed by atoms with Gasteiger partial charge in [0.2, 0.25) is 0 Å². The van der Waals surface area contributed by atoms with Crippen LogP contribution in [0, 0.1) is 30.6 Å². The van der Waals surface area contributed by atoms with Crippen LogP contribution in [-0.4, -0.2) is 0 Å². The molecule has 0 saturated carbocycles. The van der Waals surface area contributed by atoms with E-state index in [4.69, 9.17) is 0 Å². The molecule has 3 heteroatoms. The van der Waals surface area contributed by atoms with Crippen molar-refractivity contribution in [1.29, 1.82) is 0 Å². The maximum absolute atomic E-state index is 3.55. The maximum atomic E-state index is 3.55. The minimum Gasteiger partial charge on any atom is -0.140 e. The number of fused-ring (bicyclic) bond motifs is 1. The molecule has 0 nitrogen and oxygen atoms in total. The molecule has 0 atom stereocenters. The van der Waals surface area contributed by atoms with Gasteiger partial charge in [0.1, 0.15) is 0 Å². The smallest absolute Gasteiger partial charge is 0.0853 e. The van der Waals surface area contributed by atoms with Crippen molar-refractivity contribution in [3.05, 3.63) is 175 Å². The van der Waals surface area contributed by atoms with E-state index in [-0.39, 0.29) is 0 Å². The molecule has 0 aliphatic rings. The third-order valence-electron chi connectivity index (χ3n) is 11.1. The number of hydrogen-bond acceptors (Lipinski definition) is 3. The highest BCUT2D eigenvalue weighted by Gasteiger charge is 2.16. The Labute approximate surface area is 370 Å². The van der Waals surface area contributed by atoms with Gasteiger partial charge in [0.25, 0.3) is 0 Å². The van der Waals surface area contributed by atoms with Crippen LogP contribution in [0.2, 0.25) is 0 Å². The van der Waals surface area contributed by atoms with E-state index in [9.17, 15) is 0 Å². The van der Waals surface area contributed by atoms with Crippen molar-refractivity contribution in [2.24, 2.45) is 0 Å². The highest BCUT2D eigenvalue weighted by molar-refractivity contribution is 7.19. The predicted octanol–water partition coefficient (Wildman–Crippen LogP) is 17.0. The molecule has 0 fully saturated rings. The summed E-state index contributed by atoms with van der Waals surface area (Å²) in [5, 5.41) is 1.31. The Balaban J connectivity index is 1.07. The summed E-state index contributed by atoms with van der Waals surface area (Å²) in [5.74, 6) is 14.0. The molecule has 0 spiro atoms. The monoisotopic (exact) mass is 832 g/mol. The second-order valence-electron chi connectivity index (χ2n) is 15.7. The third-order valence-corrected chi connectivity index (χ3v) is 14.4. The maximum Gasteiger partial charge on any atom is 0.0853 e. The largest absolute Gasteiger partial charge is 0.140 e. The summed E-state index contributed by atoms with van der Waals surface area (Å²) in [6.07, 6.45) is 12.4. The lowest BCUT2D eigenvalue weighted by Crippen LogP contribution is -1.85. The van der Waals surface area contributed by atoms with Gasteiger partial charge < -0.3 is 0 Å². The molecule has 8 aromatic rings. The van der Waals surface area contributed by atoms with Crippen molar-refractivity contribution in [2.45, 2.75) is 85.0 Å². The summed E-state index contributed by atoms with van der Waals surface area (Å²) < 4.78 is 1.34. The molecule has 0 aliphatic carbocycles. The SMILES string of the molecule is CCCCCCc1cc(-c2ccc(-c3ccc(-c4ccc(-c5cc(CCCCCC)sc5C#Cc5ccccc5)cc4)c4sc(C)cc34)cc2)c(C#Cc2ccccc2)s1. The molecule has 0 amide bonds. The number of unbranched alkanes of at least 4 members (excludes halogenated alkanes) is 6. The Morgan fingerprint density at radius 3 is 1.30 bits per heavy atom. The molecular formula is C57H52S3. The molecular weight excluding hydrogens is 781 g/mol. The van der Waals surface area contributed by atoms with Crippen LogP contribution in [0.1, 0.15) is 101 Å². The lowest BCUT2D eigenvalue weighted by atomic mass is 9.94. The first kappa shape index (κ1) is 41.3. The number of rotatable bonds is 14. The molecule has 0 unspecified atom stereocenters. The van der Waals surface area contributed by atoms with Gasteiger partial charge in [-0.1, -0.05) is 173 Å². The van der Waals surface area contributed by atoms with Crippen molar-refractivity contribution in [3.63, 3.8) is 0 Å². The minimum absolute atomic E-state index is 1.05. The van der Waals surface area contributed by atoms with Crippen LogP contribution in [0.5, 0.6) is 0 Å². The molecule has 0 radical (unpaired) electrons. The van der Waals surface area contributed by atoms with E-state index < -0.39 is 0 Å². The molecule has 8 rings (SSSR count). The standard InChI is InChI=1S/C57H52S3/c1-4-6-8-16-22-48-39-52(55(59-48)36-24-42-18-12-10-13-19-42)46-30-26-44(27-31-46)50-34-35-51(57-54(50)38-41(3)58-57)45-28-32-47(33-29-45)53-40-49(23-17-9-7-5-2)60-56(53)37-25-43-20-14-11-15-21-43/h10-15,18-21,26-35,38-40H,4-9,16-17,22-23H2,1-3H3. The molecule has 298 valence electrons. The first-order chi connectivity index (χ1) is 29.6. The molecule has 0 N–H and O–H groups in total. The van der Waals surface area contributed by atoms with Crippen LogP contribution in [0.4, 0.5) is 0 Å². The second kappa shape index (κ2) is 20.2. The third kappa shape index (κ3) is 10.1. The summed E-state index contributed by atoms with van der Waals surface area (Å²) in [7, 11) is 0. The summed E-state index contributed by atoms with van der Waals surface area (Å²) in [6.45, 7) is 6.78. The first-order valence-corrected chi connectivity index (χ1v) is 24.2. The zero-order chi connectivity index (χ0) is 41.1. The quantitative estimate of drug-likeness (QED) is 0.0756. The second-order valence-corrected chi connectivity index (χ2v) is 19.2. The van der Waals surface area contributed by atoms with Crippen molar-refractivity contribution >= 4 is 44.1 Å². The molecule has 0 saturated heterocycles. The van der Waals surface area contributed by atoms with Crippen LogP contribution < -0.4 is 0 Å². The Morgan fingerprint density at radius 2 is 0.833 bits per heavy atom. The van der Waals surface area contributed by atoms with Crippen LogP contribution in [-0.2, 0) is 12.8 Å². The lowest BCUT2D eigenvalue weighted by Gasteiger charge is -2.10. The Kier molecular flexibility index (Phi) is 13.9. The number of aryl methyl sites for hydroxylation is 3. The van der Waals surface area contributed by atoms with Gasteiger partial charge >= 0.3 is 0 Å². The Morgan fingerprint density at radius 1 is 0.400 bits per heavy atom.